The fourth-order valence-electron chi connectivity index (χ4n) is 3.56. The number of carbonyl (C=O) groups is 1. The number of fused-ring (bicyclic) bond motifs is 3. The lowest BCUT2D eigenvalue weighted by atomic mass is 9.94. The van der Waals surface area contributed by atoms with E-state index < -0.39 is 10.0 Å². The number of hydrogen-bond donors (Lipinski definition) is 2. The molecular weight excluding hydrogens is 368 g/mol. The van der Waals surface area contributed by atoms with Crippen molar-refractivity contribution in [2.45, 2.75) is 44.0 Å². The summed E-state index contributed by atoms with van der Waals surface area (Å²) < 4.78 is 28.4. The molecule has 2 aromatic heterocycles. The molecule has 2 N–H and O–H groups in total. The molecule has 2 heterocycles. The topological polar surface area (TPSA) is 79.0 Å². The van der Waals surface area contributed by atoms with E-state index in [0.29, 0.717) is 12.8 Å². The summed E-state index contributed by atoms with van der Waals surface area (Å²) in [6.07, 6.45) is 2.81. The van der Waals surface area contributed by atoms with Crippen LogP contribution in [0.3, 0.4) is 0 Å². The smallest absolute Gasteiger partial charge is 0.241 e. The fraction of sp³-hybridized carbons (Fsp3) is 0.316. The summed E-state index contributed by atoms with van der Waals surface area (Å²) in [6, 6.07) is 7.35. The second kappa shape index (κ2) is 6.64. The molecule has 0 saturated carbocycles. The number of ketones is 1. The first kappa shape index (κ1) is 17.5. The second-order valence-electron chi connectivity index (χ2n) is 6.52. The Labute approximate surface area is 156 Å². The number of hydrogen-bond acceptors (Lipinski definition) is 4. The number of sulfonamides is 1. The third kappa shape index (κ3) is 3.00. The van der Waals surface area contributed by atoms with Gasteiger partial charge in [0.15, 0.2) is 5.78 Å². The van der Waals surface area contributed by atoms with Crippen molar-refractivity contribution in [3.63, 3.8) is 0 Å². The van der Waals surface area contributed by atoms with Gasteiger partial charge in [-0.3, -0.25) is 4.79 Å². The molecule has 4 rings (SSSR count). The van der Waals surface area contributed by atoms with E-state index in [4.69, 9.17) is 0 Å². The van der Waals surface area contributed by atoms with Crippen molar-refractivity contribution in [2.75, 3.05) is 0 Å². The Hall–Kier alpha value is -1.96. The molecule has 0 aliphatic heterocycles. The molecule has 26 heavy (non-hydrogen) atoms. The summed E-state index contributed by atoms with van der Waals surface area (Å²) in [6.45, 7) is 2.21. The van der Waals surface area contributed by atoms with Crippen LogP contribution in [0.1, 0.15) is 46.3 Å². The molecule has 3 aromatic rings. The maximum Gasteiger partial charge on any atom is 0.241 e. The maximum atomic E-state index is 12.9. The van der Waals surface area contributed by atoms with Crippen molar-refractivity contribution in [3.05, 3.63) is 51.3 Å². The van der Waals surface area contributed by atoms with Crippen LogP contribution in [0.2, 0.25) is 0 Å². The van der Waals surface area contributed by atoms with Gasteiger partial charge in [-0.1, -0.05) is 13.0 Å². The summed E-state index contributed by atoms with van der Waals surface area (Å²) in [4.78, 5) is 16.8. The van der Waals surface area contributed by atoms with Crippen molar-refractivity contribution in [3.8, 4) is 0 Å². The molecule has 0 radical (unpaired) electrons. The first-order valence-corrected chi connectivity index (χ1v) is 11.1. The average molecular weight is 389 g/mol. The highest BCUT2D eigenvalue weighted by Crippen LogP contribution is 2.32. The van der Waals surface area contributed by atoms with E-state index in [0.717, 1.165) is 45.4 Å². The van der Waals surface area contributed by atoms with E-state index >= 15 is 0 Å². The van der Waals surface area contributed by atoms with Crippen LogP contribution in [0.4, 0.5) is 0 Å². The van der Waals surface area contributed by atoms with Crippen LogP contribution in [-0.4, -0.2) is 19.2 Å². The van der Waals surface area contributed by atoms with Gasteiger partial charge in [0.2, 0.25) is 10.0 Å². The van der Waals surface area contributed by atoms with Crippen LogP contribution in [0.5, 0.6) is 0 Å². The number of carbonyl (C=O) groups excluding carboxylic acids is 1. The van der Waals surface area contributed by atoms with Crippen molar-refractivity contribution in [1.29, 1.82) is 0 Å². The highest BCUT2D eigenvalue weighted by atomic mass is 32.2. The van der Waals surface area contributed by atoms with Crippen LogP contribution in [0.25, 0.3) is 10.9 Å². The third-order valence-corrected chi connectivity index (χ3v) is 7.21. The molecular formula is C19H20N2O3S2. The number of aryl methyl sites for hydroxylation is 2. The van der Waals surface area contributed by atoms with Crippen molar-refractivity contribution >= 4 is 38.0 Å². The van der Waals surface area contributed by atoms with E-state index in [1.807, 2.05) is 30.5 Å². The summed E-state index contributed by atoms with van der Waals surface area (Å²) in [5.41, 5.74) is 3.13. The Bertz CT molecular complexity index is 1080. The van der Waals surface area contributed by atoms with Gasteiger partial charge in [-0.15, -0.1) is 11.3 Å². The zero-order chi connectivity index (χ0) is 18.3. The van der Waals surface area contributed by atoms with Crippen molar-refractivity contribution in [2.24, 2.45) is 0 Å². The predicted octanol–water partition coefficient (Wildman–Crippen LogP) is 3.79. The van der Waals surface area contributed by atoms with E-state index in [1.165, 1.54) is 11.3 Å². The monoisotopic (exact) mass is 388 g/mol. The van der Waals surface area contributed by atoms with Crippen LogP contribution in [0.15, 0.2) is 34.5 Å². The zero-order valence-corrected chi connectivity index (χ0v) is 16.1. The van der Waals surface area contributed by atoms with E-state index in [-0.39, 0.29) is 17.2 Å². The summed E-state index contributed by atoms with van der Waals surface area (Å²) in [5, 5.41) is 2.77. The standard InChI is InChI=1S/C19H20N2O3S2/c1-2-12-9-14-16(21-15-6-3-7-17(22)19(14)15)10-18(12)26(23,24)20-11-13-5-4-8-25-13/h4-5,8-10,20-21H,2-3,6-7,11H2,1H3. The van der Waals surface area contributed by atoms with Gasteiger partial charge in [-0.2, -0.15) is 0 Å². The third-order valence-electron chi connectivity index (χ3n) is 4.85. The van der Waals surface area contributed by atoms with Gasteiger partial charge in [-0.05, 0) is 48.4 Å². The fourth-order valence-corrected chi connectivity index (χ4v) is 5.62. The maximum absolute atomic E-state index is 12.9. The predicted molar refractivity (Wildman–Crippen MR) is 103 cm³/mol. The highest BCUT2D eigenvalue weighted by molar-refractivity contribution is 7.89. The quantitative estimate of drug-likeness (QED) is 0.698. The number of Topliss-reactive ketones (excluding diaryl/α,β-unsaturated/α-hetero) is 1. The molecule has 0 atom stereocenters. The second-order valence-corrected chi connectivity index (χ2v) is 9.29. The molecule has 136 valence electrons. The van der Waals surface area contributed by atoms with Crippen molar-refractivity contribution in [1.82, 2.24) is 9.71 Å². The molecule has 7 heteroatoms. The van der Waals surface area contributed by atoms with Gasteiger partial charge in [0, 0.05) is 40.0 Å². The van der Waals surface area contributed by atoms with Crippen molar-refractivity contribution < 1.29 is 13.2 Å². The van der Waals surface area contributed by atoms with Gasteiger partial charge >= 0.3 is 0 Å². The number of aromatic nitrogens is 1. The SMILES string of the molecule is CCc1cc2c3c([nH]c2cc1S(=O)(=O)NCc1cccs1)CCCC3=O. The Balaban J connectivity index is 1.78. The summed E-state index contributed by atoms with van der Waals surface area (Å²) in [7, 11) is -3.63. The molecule has 1 aromatic carbocycles. The molecule has 0 fully saturated rings. The normalized spacial score (nSPS) is 14.7. The number of nitrogens with one attached hydrogen (secondary N) is 2. The Kier molecular flexibility index (Phi) is 4.46. The van der Waals surface area contributed by atoms with Crippen LogP contribution < -0.4 is 4.72 Å². The van der Waals surface area contributed by atoms with Gasteiger partial charge in [0.1, 0.15) is 0 Å². The largest absolute Gasteiger partial charge is 0.358 e. The van der Waals surface area contributed by atoms with Gasteiger partial charge in [0.05, 0.1) is 4.90 Å². The molecule has 0 amide bonds. The van der Waals surface area contributed by atoms with Crippen LogP contribution in [-0.2, 0) is 29.4 Å². The van der Waals surface area contributed by atoms with Crippen LogP contribution in [0, 0.1) is 0 Å². The Morgan fingerprint density at radius 3 is 2.85 bits per heavy atom. The number of H-pyrrole nitrogens is 1. The summed E-state index contributed by atoms with van der Waals surface area (Å²) in [5.74, 6) is 0.144. The number of aromatic amines is 1. The molecule has 1 aliphatic carbocycles. The number of thiophene rings is 1. The average Bonchev–Trinajstić information content (AvgIpc) is 3.26. The minimum Gasteiger partial charge on any atom is -0.358 e. The van der Waals surface area contributed by atoms with E-state index in [1.54, 1.807) is 6.07 Å². The lowest BCUT2D eigenvalue weighted by Gasteiger charge is -2.12. The number of rotatable bonds is 5. The lowest BCUT2D eigenvalue weighted by molar-refractivity contribution is 0.0974. The minimum atomic E-state index is -3.63. The summed E-state index contributed by atoms with van der Waals surface area (Å²) >= 11 is 1.52. The number of benzene rings is 1. The van der Waals surface area contributed by atoms with Gasteiger partial charge < -0.3 is 4.98 Å². The minimum absolute atomic E-state index is 0.144. The van der Waals surface area contributed by atoms with Gasteiger partial charge in [0.25, 0.3) is 0 Å². The lowest BCUT2D eigenvalue weighted by Crippen LogP contribution is -2.24. The highest BCUT2D eigenvalue weighted by Gasteiger charge is 2.25. The molecule has 0 unspecified atom stereocenters. The Morgan fingerprint density at radius 1 is 1.27 bits per heavy atom. The van der Waals surface area contributed by atoms with E-state index in [2.05, 4.69) is 9.71 Å². The zero-order valence-electron chi connectivity index (χ0n) is 14.5. The molecule has 5 nitrogen and oxygen atoms in total. The molecule has 0 bridgehead atoms. The first-order chi connectivity index (χ1) is 12.5. The molecule has 0 spiro atoms. The Morgan fingerprint density at radius 2 is 2.12 bits per heavy atom. The van der Waals surface area contributed by atoms with Gasteiger partial charge in [-0.25, -0.2) is 13.1 Å². The van der Waals surface area contributed by atoms with E-state index in [9.17, 15) is 13.2 Å². The first-order valence-electron chi connectivity index (χ1n) is 8.72. The molecule has 0 saturated heterocycles. The molecule has 1 aliphatic rings. The van der Waals surface area contributed by atoms with Crippen LogP contribution >= 0.6 is 11.3 Å².